The summed E-state index contributed by atoms with van der Waals surface area (Å²) in [6.07, 6.45) is 2.49. The molecule has 1 aliphatic rings. The highest BCUT2D eigenvalue weighted by Crippen LogP contribution is 2.30. The molecule has 5 heteroatoms. The van der Waals surface area contributed by atoms with E-state index in [2.05, 4.69) is 36.2 Å². The first-order valence-corrected chi connectivity index (χ1v) is 9.95. The quantitative estimate of drug-likeness (QED) is 0.741. The van der Waals surface area contributed by atoms with Gasteiger partial charge < -0.3 is 19.7 Å². The number of hydrogen-bond acceptors (Lipinski definition) is 4. The van der Waals surface area contributed by atoms with Crippen LogP contribution in [0.2, 0.25) is 0 Å². The third-order valence-electron chi connectivity index (χ3n) is 4.93. The summed E-state index contributed by atoms with van der Waals surface area (Å²) in [5.74, 6) is 1.47. The zero-order valence-corrected chi connectivity index (χ0v) is 17.2. The lowest BCUT2D eigenvalue weighted by atomic mass is 10.1. The van der Waals surface area contributed by atoms with Crippen molar-refractivity contribution in [3.63, 3.8) is 0 Å². The fourth-order valence-corrected chi connectivity index (χ4v) is 3.34. The van der Waals surface area contributed by atoms with E-state index in [9.17, 15) is 4.79 Å². The van der Waals surface area contributed by atoms with Crippen molar-refractivity contribution in [2.24, 2.45) is 5.92 Å². The van der Waals surface area contributed by atoms with Crippen molar-refractivity contribution in [2.45, 2.75) is 33.6 Å². The molecule has 0 aromatic heterocycles. The number of aryl methyl sites for hydroxylation is 1. The molecule has 1 aliphatic heterocycles. The molecule has 1 amide bonds. The van der Waals surface area contributed by atoms with E-state index in [1.807, 2.05) is 13.0 Å². The molecule has 5 nitrogen and oxygen atoms in total. The van der Waals surface area contributed by atoms with Crippen LogP contribution in [0.5, 0.6) is 11.5 Å². The SMILES string of the molecule is COc1cc(C(=O)Nc2ccc(N3CCCC3)cc2C)ccc1OCC(C)C. The molecular formula is C23H30N2O3. The Kier molecular flexibility index (Phi) is 6.45. The minimum atomic E-state index is -0.161. The summed E-state index contributed by atoms with van der Waals surface area (Å²) in [7, 11) is 1.58. The molecule has 3 rings (SSSR count). The van der Waals surface area contributed by atoms with Crippen LogP contribution in [-0.2, 0) is 0 Å². The van der Waals surface area contributed by atoms with Gasteiger partial charge in [-0.15, -0.1) is 0 Å². The highest BCUT2D eigenvalue weighted by Gasteiger charge is 2.15. The molecule has 28 heavy (non-hydrogen) atoms. The Bertz CT molecular complexity index is 827. The van der Waals surface area contributed by atoms with Crippen LogP contribution in [0, 0.1) is 12.8 Å². The van der Waals surface area contributed by atoms with E-state index in [0.717, 1.165) is 24.3 Å². The van der Waals surface area contributed by atoms with Crippen LogP contribution in [0.1, 0.15) is 42.6 Å². The smallest absolute Gasteiger partial charge is 0.255 e. The first-order valence-electron chi connectivity index (χ1n) is 9.95. The summed E-state index contributed by atoms with van der Waals surface area (Å²) in [5, 5.41) is 3.01. The lowest BCUT2D eigenvalue weighted by Gasteiger charge is -2.19. The number of amides is 1. The lowest BCUT2D eigenvalue weighted by molar-refractivity contribution is 0.102. The van der Waals surface area contributed by atoms with Gasteiger partial charge in [-0.1, -0.05) is 13.8 Å². The van der Waals surface area contributed by atoms with Gasteiger partial charge in [0, 0.05) is 30.0 Å². The van der Waals surface area contributed by atoms with Gasteiger partial charge in [-0.3, -0.25) is 4.79 Å². The fraction of sp³-hybridized carbons (Fsp3) is 0.435. The third kappa shape index (κ3) is 4.77. The molecule has 1 saturated heterocycles. The molecular weight excluding hydrogens is 352 g/mol. The lowest BCUT2D eigenvalue weighted by Crippen LogP contribution is -2.18. The second kappa shape index (κ2) is 9.00. The van der Waals surface area contributed by atoms with Crippen molar-refractivity contribution < 1.29 is 14.3 Å². The predicted octanol–water partition coefficient (Wildman–Crippen LogP) is 4.89. The zero-order chi connectivity index (χ0) is 20.1. The number of benzene rings is 2. The molecule has 2 aromatic rings. The second-order valence-electron chi connectivity index (χ2n) is 7.72. The number of ether oxygens (including phenoxy) is 2. The summed E-state index contributed by atoms with van der Waals surface area (Å²) >= 11 is 0. The number of carbonyl (C=O) groups is 1. The van der Waals surface area contributed by atoms with Gasteiger partial charge in [-0.25, -0.2) is 0 Å². The number of hydrogen-bond donors (Lipinski definition) is 1. The number of rotatable bonds is 7. The standard InChI is InChI=1S/C23H30N2O3/c1-16(2)15-28-21-10-7-18(14-22(21)27-4)23(26)24-20-9-8-19(13-17(20)3)25-11-5-6-12-25/h7-10,13-14,16H,5-6,11-12,15H2,1-4H3,(H,24,26). The molecule has 0 aliphatic carbocycles. The van der Waals surface area contributed by atoms with Crippen LogP contribution in [0.4, 0.5) is 11.4 Å². The van der Waals surface area contributed by atoms with Gasteiger partial charge in [0.2, 0.25) is 0 Å². The highest BCUT2D eigenvalue weighted by molar-refractivity contribution is 6.05. The number of anilines is 2. The van der Waals surface area contributed by atoms with E-state index in [1.54, 1.807) is 25.3 Å². The van der Waals surface area contributed by atoms with Crippen molar-refractivity contribution in [2.75, 3.05) is 37.0 Å². The van der Waals surface area contributed by atoms with Crippen LogP contribution in [0.25, 0.3) is 0 Å². The van der Waals surface area contributed by atoms with Crippen molar-refractivity contribution in [1.82, 2.24) is 0 Å². The van der Waals surface area contributed by atoms with Crippen LogP contribution in [-0.4, -0.2) is 32.7 Å². The summed E-state index contributed by atoms with van der Waals surface area (Å²) in [6, 6.07) is 11.5. The van der Waals surface area contributed by atoms with Gasteiger partial charge in [0.25, 0.3) is 5.91 Å². The molecule has 150 valence electrons. The maximum Gasteiger partial charge on any atom is 0.255 e. The number of carbonyl (C=O) groups excluding carboxylic acids is 1. The molecule has 0 saturated carbocycles. The average molecular weight is 383 g/mol. The van der Waals surface area contributed by atoms with E-state index in [1.165, 1.54) is 18.5 Å². The monoisotopic (exact) mass is 382 g/mol. The summed E-state index contributed by atoms with van der Waals surface area (Å²) in [6.45, 7) is 9.02. The maximum absolute atomic E-state index is 12.7. The van der Waals surface area contributed by atoms with E-state index in [4.69, 9.17) is 9.47 Å². The Labute approximate surface area is 167 Å². The first kappa shape index (κ1) is 20.1. The largest absolute Gasteiger partial charge is 0.493 e. The van der Waals surface area contributed by atoms with Gasteiger partial charge in [0.1, 0.15) is 0 Å². The van der Waals surface area contributed by atoms with Crippen LogP contribution in [0.15, 0.2) is 36.4 Å². The Morgan fingerprint density at radius 2 is 1.86 bits per heavy atom. The fourth-order valence-electron chi connectivity index (χ4n) is 3.34. The predicted molar refractivity (Wildman–Crippen MR) is 114 cm³/mol. The maximum atomic E-state index is 12.7. The Morgan fingerprint density at radius 3 is 2.50 bits per heavy atom. The van der Waals surface area contributed by atoms with Gasteiger partial charge in [0.05, 0.1) is 13.7 Å². The van der Waals surface area contributed by atoms with E-state index < -0.39 is 0 Å². The summed E-state index contributed by atoms with van der Waals surface area (Å²) in [4.78, 5) is 15.1. The molecule has 0 spiro atoms. The minimum Gasteiger partial charge on any atom is -0.493 e. The first-order chi connectivity index (χ1) is 13.5. The number of methoxy groups -OCH3 is 1. The van der Waals surface area contributed by atoms with E-state index in [0.29, 0.717) is 29.6 Å². The molecule has 1 N–H and O–H groups in total. The Balaban J connectivity index is 1.71. The van der Waals surface area contributed by atoms with Gasteiger partial charge >= 0.3 is 0 Å². The molecule has 1 fully saturated rings. The van der Waals surface area contributed by atoms with E-state index in [-0.39, 0.29) is 5.91 Å². The van der Waals surface area contributed by atoms with Crippen molar-refractivity contribution in [1.29, 1.82) is 0 Å². The molecule has 0 unspecified atom stereocenters. The van der Waals surface area contributed by atoms with Gasteiger partial charge in [-0.05, 0) is 67.6 Å². The molecule has 0 radical (unpaired) electrons. The second-order valence-corrected chi connectivity index (χ2v) is 7.72. The topological polar surface area (TPSA) is 50.8 Å². The van der Waals surface area contributed by atoms with E-state index >= 15 is 0 Å². The van der Waals surface area contributed by atoms with Crippen molar-refractivity contribution >= 4 is 17.3 Å². The van der Waals surface area contributed by atoms with Gasteiger partial charge in [-0.2, -0.15) is 0 Å². The minimum absolute atomic E-state index is 0.161. The summed E-state index contributed by atoms with van der Waals surface area (Å²) in [5.41, 5.74) is 3.65. The number of nitrogens with one attached hydrogen (secondary N) is 1. The van der Waals surface area contributed by atoms with Crippen LogP contribution in [0.3, 0.4) is 0 Å². The number of nitrogens with zero attached hydrogens (tertiary/aromatic N) is 1. The van der Waals surface area contributed by atoms with Crippen molar-refractivity contribution in [3.05, 3.63) is 47.5 Å². The van der Waals surface area contributed by atoms with Crippen LogP contribution < -0.4 is 19.7 Å². The third-order valence-corrected chi connectivity index (χ3v) is 4.93. The van der Waals surface area contributed by atoms with Gasteiger partial charge in [0.15, 0.2) is 11.5 Å². The van der Waals surface area contributed by atoms with Crippen molar-refractivity contribution in [3.8, 4) is 11.5 Å². The summed E-state index contributed by atoms with van der Waals surface area (Å²) < 4.78 is 11.2. The highest BCUT2D eigenvalue weighted by atomic mass is 16.5. The molecule has 0 bridgehead atoms. The zero-order valence-electron chi connectivity index (χ0n) is 17.2. The average Bonchev–Trinajstić information content (AvgIpc) is 3.22. The Hall–Kier alpha value is -2.69. The molecule has 1 heterocycles. The normalized spacial score (nSPS) is 13.7. The van der Waals surface area contributed by atoms with Crippen LogP contribution >= 0.6 is 0 Å². The molecule has 0 atom stereocenters. The Morgan fingerprint density at radius 1 is 1.11 bits per heavy atom. The molecule has 2 aromatic carbocycles.